The monoisotopic (exact) mass is 179 g/mol. The first-order valence-corrected chi connectivity index (χ1v) is 4.91. The molecule has 0 aromatic rings. The highest BCUT2D eigenvalue weighted by atomic mass is 31.2. The highest BCUT2D eigenvalue weighted by molar-refractivity contribution is 7.53. The molecule has 0 spiro atoms. The first-order chi connectivity index (χ1) is 4.93. The van der Waals surface area contributed by atoms with Crippen molar-refractivity contribution in [1.29, 1.82) is 0 Å². The van der Waals surface area contributed by atoms with Crippen molar-refractivity contribution >= 4 is 13.5 Å². The molecule has 6 heteroatoms. The second-order valence-corrected chi connectivity index (χ2v) is 4.45. The molecule has 1 saturated heterocycles. The number of nitrogens with zero attached hydrogens (tertiary/aromatic N) is 1. The smallest absolute Gasteiger partial charge is 0.338 e. The molecule has 64 valence electrons. The zero-order chi connectivity index (χ0) is 8.65. The van der Waals surface area contributed by atoms with Crippen LogP contribution in [-0.4, -0.2) is 39.8 Å². The van der Waals surface area contributed by atoms with Crippen LogP contribution >= 0.6 is 7.60 Å². The van der Waals surface area contributed by atoms with Gasteiger partial charge < -0.3 is 14.7 Å². The van der Waals surface area contributed by atoms with Gasteiger partial charge in [-0.3, -0.25) is 9.36 Å². The maximum atomic E-state index is 11.0. The second-order valence-electron chi connectivity index (χ2n) is 2.65. The van der Waals surface area contributed by atoms with Crippen molar-refractivity contribution < 1.29 is 19.1 Å². The molecule has 0 radical (unpaired) electrons. The van der Waals surface area contributed by atoms with Crippen LogP contribution in [0.4, 0.5) is 0 Å². The Balaban J connectivity index is 2.78. The quantitative estimate of drug-likeness (QED) is 0.526. The van der Waals surface area contributed by atoms with Gasteiger partial charge >= 0.3 is 7.60 Å². The third-order valence-corrected chi connectivity index (χ3v) is 3.10. The van der Waals surface area contributed by atoms with Crippen molar-refractivity contribution in [3.63, 3.8) is 0 Å². The van der Waals surface area contributed by atoms with Gasteiger partial charge in [0, 0.05) is 13.6 Å². The molecule has 0 unspecified atom stereocenters. The lowest BCUT2D eigenvalue weighted by molar-refractivity contribution is -0.126. The number of rotatable bonds is 1. The fraction of sp³-hybridized carbons (Fsp3) is 0.800. The average Bonchev–Trinajstić information content (AvgIpc) is 2.11. The fourth-order valence-electron chi connectivity index (χ4n) is 1.12. The molecule has 0 aromatic carbocycles. The topological polar surface area (TPSA) is 77.8 Å². The van der Waals surface area contributed by atoms with Crippen LogP contribution in [-0.2, 0) is 9.36 Å². The van der Waals surface area contributed by atoms with Crippen LogP contribution in [0.2, 0.25) is 0 Å². The van der Waals surface area contributed by atoms with Gasteiger partial charge in [0.25, 0.3) is 0 Å². The number of hydrogen-bond donors (Lipinski definition) is 2. The van der Waals surface area contributed by atoms with Crippen molar-refractivity contribution in [2.24, 2.45) is 0 Å². The normalized spacial score (nSPS) is 26.3. The molecule has 5 nitrogen and oxygen atoms in total. The Bertz CT molecular complexity index is 223. The van der Waals surface area contributed by atoms with Crippen LogP contribution in [0.3, 0.4) is 0 Å². The van der Waals surface area contributed by atoms with Gasteiger partial charge in [0.1, 0.15) is 5.66 Å². The molecular formula is C5H10NO4P. The fourth-order valence-corrected chi connectivity index (χ4v) is 2.05. The van der Waals surface area contributed by atoms with Gasteiger partial charge in [-0.25, -0.2) is 0 Å². The molecule has 1 amide bonds. The summed E-state index contributed by atoms with van der Waals surface area (Å²) in [7, 11) is -2.66. The lowest BCUT2D eigenvalue weighted by Crippen LogP contribution is -2.25. The molecule has 2 N–H and O–H groups in total. The molecule has 0 bridgehead atoms. The molecular weight excluding hydrogens is 169 g/mol. The Morgan fingerprint density at radius 1 is 1.64 bits per heavy atom. The molecule has 0 saturated carbocycles. The van der Waals surface area contributed by atoms with Crippen LogP contribution in [0.1, 0.15) is 6.42 Å². The first-order valence-electron chi connectivity index (χ1n) is 3.23. The van der Waals surface area contributed by atoms with E-state index in [-0.39, 0.29) is 6.42 Å². The minimum absolute atomic E-state index is 0.264. The highest BCUT2D eigenvalue weighted by Crippen LogP contribution is 2.45. The van der Waals surface area contributed by atoms with Crippen LogP contribution in [0.15, 0.2) is 0 Å². The van der Waals surface area contributed by atoms with Crippen LogP contribution in [0, 0.1) is 0 Å². The largest absolute Gasteiger partial charge is 0.345 e. The maximum Gasteiger partial charge on any atom is 0.338 e. The van der Waals surface area contributed by atoms with E-state index in [1.165, 1.54) is 11.9 Å². The minimum atomic E-state index is -4.20. The van der Waals surface area contributed by atoms with E-state index in [2.05, 4.69) is 0 Å². The van der Waals surface area contributed by atoms with Crippen LogP contribution < -0.4 is 0 Å². The van der Waals surface area contributed by atoms with Crippen molar-refractivity contribution in [1.82, 2.24) is 4.90 Å². The summed E-state index contributed by atoms with van der Waals surface area (Å²) in [6.45, 7) is 0.439. The number of amides is 1. The minimum Gasteiger partial charge on any atom is -0.345 e. The predicted octanol–water partition coefficient (Wildman–Crippen LogP) is -0.605. The van der Waals surface area contributed by atoms with E-state index in [4.69, 9.17) is 9.79 Å². The molecule has 1 fully saturated rings. The van der Waals surface area contributed by atoms with E-state index < -0.39 is 19.2 Å². The molecule has 0 aliphatic carbocycles. The zero-order valence-corrected chi connectivity index (χ0v) is 6.99. The Morgan fingerprint density at radius 2 is 2.18 bits per heavy atom. The Morgan fingerprint density at radius 3 is 2.36 bits per heavy atom. The molecule has 0 aromatic heterocycles. The Labute approximate surface area is 64.2 Å². The Kier molecular flexibility index (Phi) is 2.05. The van der Waals surface area contributed by atoms with Crippen molar-refractivity contribution in [3.8, 4) is 0 Å². The molecule has 1 aliphatic rings. The number of likely N-dealkylation sites (tertiary alicyclic amines) is 1. The third-order valence-electron chi connectivity index (χ3n) is 1.81. The Hall–Kier alpha value is -0.380. The third kappa shape index (κ3) is 1.61. The van der Waals surface area contributed by atoms with Gasteiger partial charge in [-0.05, 0) is 6.42 Å². The first kappa shape index (κ1) is 8.71. The molecule has 11 heavy (non-hydrogen) atoms. The summed E-state index contributed by atoms with van der Waals surface area (Å²) in [5.74, 6) is -0.446. The molecule has 1 rings (SSSR count). The summed E-state index contributed by atoms with van der Waals surface area (Å²) in [5, 5.41) is 0. The van der Waals surface area contributed by atoms with Gasteiger partial charge in [0.15, 0.2) is 0 Å². The highest BCUT2D eigenvalue weighted by Gasteiger charge is 2.41. The van der Waals surface area contributed by atoms with E-state index in [0.717, 1.165) is 0 Å². The van der Waals surface area contributed by atoms with E-state index in [9.17, 15) is 9.36 Å². The SMILES string of the molecule is CN1CC[C@H](P(=O)(O)O)C1=O. The second kappa shape index (κ2) is 2.59. The van der Waals surface area contributed by atoms with E-state index in [0.29, 0.717) is 6.54 Å². The van der Waals surface area contributed by atoms with Crippen LogP contribution in [0.25, 0.3) is 0 Å². The summed E-state index contributed by atoms with van der Waals surface area (Å²) < 4.78 is 10.6. The lowest BCUT2D eigenvalue weighted by Gasteiger charge is -2.10. The van der Waals surface area contributed by atoms with Gasteiger partial charge in [-0.15, -0.1) is 0 Å². The summed E-state index contributed by atoms with van der Waals surface area (Å²) in [6, 6.07) is 0. The standard InChI is InChI=1S/C5H10NO4P/c1-6-3-2-4(5(6)7)11(8,9)10/h4H,2-3H2,1H3,(H2,8,9,10)/t4-/m0/s1. The van der Waals surface area contributed by atoms with E-state index in [1.54, 1.807) is 0 Å². The van der Waals surface area contributed by atoms with Crippen LogP contribution in [0.5, 0.6) is 0 Å². The van der Waals surface area contributed by atoms with Gasteiger partial charge in [-0.2, -0.15) is 0 Å². The summed E-state index contributed by atoms with van der Waals surface area (Å²) >= 11 is 0. The van der Waals surface area contributed by atoms with E-state index >= 15 is 0 Å². The summed E-state index contributed by atoms with van der Waals surface area (Å²) in [6.07, 6.45) is 0.264. The number of carbonyl (C=O) groups excluding carboxylic acids is 1. The predicted molar refractivity (Wildman–Crippen MR) is 38.1 cm³/mol. The van der Waals surface area contributed by atoms with Crippen molar-refractivity contribution in [3.05, 3.63) is 0 Å². The number of carbonyl (C=O) groups is 1. The van der Waals surface area contributed by atoms with Crippen molar-refractivity contribution in [2.75, 3.05) is 13.6 Å². The maximum absolute atomic E-state index is 11.0. The van der Waals surface area contributed by atoms with Crippen molar-refractivity contribution in [2.45, 2.75) is 12.1 Å². The molecule has 1 atom stereocenters. The summed E-state index contributed by atoms with van der Waals surface area (Å²) in [5.41, 5.74) is -1.09. The molecule has 1 aliphatic heterocycles. The van der Waals surface area contributed by atoms with E-state index in [1.807, 2.05) is 0 Å². The summed E-state index contributed by atoms with van der Waals surface area (Å²) in [4.78, 5) is 29.7. The van der Waals surface area contributed by atoms with Gasteiger partial charge in [0.2, 0.25) is 5.91 Å². The van der Waals surface area contributed by atoms with Gasteiger partial charge in [-0.1, -0.05) is 0 Å². The molecule has 1 heterocycles. The lowest BCUT2D eigenvalue weighted by atomic mass is 10.4. The zero-order valence-electron chi connectivity index (χ0n) is 6.10. The number of hydrogen-bond acceptors (Lipinski definition) is 2. The average molecular weight is 179 g/mol. The van der Waals surface area contributed by atoms with Gasteiger partial charge in [0.05, 0.1) is 0 Å².